The first-order valence-electron chi connectivity index (χ1n) is 10.4. The molecule has 1 amide bonds. The van der Waals surface area contributed by atoms with Crippen molar-refractivity contribution in [2.24, 2.45) is 0 Å². The smallest absolute Gasteiger partial charge is 0.255 e. The molecular weight excluding hydrogens is 392 g/mol. The third-order valence-electron chi connectivity index (χ3n) is 5.24. The van der Waals surface area contributed by atoms with Crippen LogP contribution < -0.4 is 9.47 Å². The van der Waals surface area contributed by atoms with Crippen molar-refractivity contribution < 1.29 is 19.0 Å². The number of nitrogens with zero attached hydrogens (tertiary/aromatic N) is 2. The van der Waals surface area contributed by atoms with Crippen molar-refractivity contribution >= 4 is 5.91 Å². The fourth-order valence-electron chi connectivity index (χ4n) is 3.65. The second-order valence-electron chi connectivity index (χ2n) is 7.43. The maximum atomic E-state index is 13.4. The fraction of sp³-hybridized carbons (Fsp3) is 0.280. The summed E-state index contributed by atoms with van der Waals surface area (Å²) in [6, 6.07) is 20.6. The molecular formula is C25H26N2O4. The number of para-hydroxylation sites is 2. The van der Waals surface area contributed by atoms with Gasteiger partial charge in [-0.3, -0.25) is 4.79 Å². The number of ether oxygens (including phenoxy) is 3. The molecule has 6 nitrogen and oxygen atoms in total. The maximum absolute atomic E-state index is 13.4. The standard InChI is InChI=1S/C25H26N2O4/c1-29-23-12-6-5-8-20(23)17-27(18-22-11-7-15-30-22)25(28)19-13-14-24(26-16-19)31-21-9-3-2-4-10-21/h2-6,8-10,12-14,16,22H,7,11,15,17-18H2,1H3. The van der Waals surface area contributed by atoms with Crippen molar-refractivity contribution in [1.29, 1.82) is 0 Å². The van der Waals surface area contributed by atoms with Gasteiger partial charge in [-0.15, -0.1) is 0 Å². The lowest BCUT2D eigenvalue weighted by molar-refractivity contribution is 0.0505. The van der Waals surface area contributed by atoms with Crippen LogP contribution in [0.25, 0.3) is 0 Å². The Morgan fingerprint density at radius 1 is 1.10 bits per heavy atom. The van der Waals surface area contributed by atoms with Crippen molar-refractivity contribution in [2.45, 2.75) is 25.5 Å². The van der Waals surface area contributed by atoms with Crippen molar-refractivity contribution in [3.8, 4) is 17.4 Å². The number of amides is 1. The van der Waals surface area contributed by atoms with Crippen molar-refractivity contribution in [1.82, 2.24) is 9.88 Å². The highest BCUT2D eigenvalue weighted by Gasteiger charge is 2.24. The maximum Gasteiger partial charge on any atom is 0.255 e. The lowest BCUT2D eigenvalue weighted by Crippen LogP contribution is -2.37. The Labute approximate surface area is 182 Å². The Hall–Kier alpha value is -3.38. The van der Waals surface area contributed by atoms with E-state index in [1.165, 1.54) is 0 Å². The largest absolute Gasteiger partial charge is 0.496 e. The topological polar surface area (TPSA) is 60.9 Å². The molecule has 4 rings (SSSR count). The Morgan fingerprint density at radius 2 is 1.90 bits per heavy atom. The van der Waals surface area contributed by atoms with E-state index >= 15 is 0 Å². The zero-order valence-electron chi connectivity index (χ0n) is 17.6. The molecule has 0 saturated carbocycles. The molecule has 1 atom stereocenters. The van der Waals surface area contributed by atoms with Gasteiger partial charge in [0.25, 0.3) is 5.91 Å². The van der Waals surface area contributed by atoms with Gasteiger partial charge < -0.3 is 19.1 Å². The predicted octanol–water partition coefficient (Wildman–Crippen LogP) is 4.70. The van der Waals surface area contributed by atoms with E-state index in [1.807, 2.05) is 59.5 Å². The molecule has 0 bridgehead atoms. The number of pyridine rings is 1. The Kier molecular flexibility index (Phi) is 6.79. The van der Waals surface area contributed by atoms with Gasteiger partial charge in [-0.25, -0.2) is 4.98 Å². The highest BCUT2D eigenvalue weighted by Crippen LogP contribution is 2.23. The quantitative estimate of drug-likeness (QED) is 0.530. The molecule has 6 heteroatoms. The van der Waals surface area contributed by atoms with Crippen LogP contribution in [0.5, 0.6) is 17.4 Å². The molecule has 0 radical (unpaired) electrons. The molecule has 1 fully saturated rings. The second-order valence-corrected chi connectivity index (χ2v) is 7.43. The van der Waals surface area contributed by atoms with E-state index in [9.17, 15) is 4.79 Å². The van der Waals surface area contributed by atoms with E-state index in [1.54, 1.807) is 25.4 Å². The average Bonchev–Trinajstić information content (AvgIpc) is 3.33. The van der Waals surface area contributed by atoms with Gasteiger partial charge in [0.05, 0.1) is 18.8 Å². The number of methoxy groups -OCH3 is 1. The molecule has 1 aliphatic rings. The van der Waals surface area contributed by atoms with Crippen LogP contribution in [0, 0.1) is 0 Å². The third-order valence-corrected chi connectivity index (χ3v) is 5.24. The fourth-order valence-corrected chi connectivity index (χ4v) is 3.65. The molecule has 31 heavy (non-hydrogen) atoms. The van der Waals surface area contributed by atoms with Crippen LogP contribution in [0.15, 0.2) is 72.9 Å². The lowest BCUT2D eigenvalue weighted by Gasteiger charge is -2.26. The van der Waals surface area contributed by atoms with Gasteiger partial charge in [0, 0.05) is 37.5 Å². The monoisotopic (exact) mass is 418 g/mol. The van der Waals surface area contributed by atoms with E-state index in [2.05, 4.69) is 4.98 Å². The summed E-state index contributed by atoms with van der Waals surface area (Å²) < 4.78 is 17.0. The zero-order chi connectivity index (χ0) is 21.5. The Bertz CT molecular complexity index is 986. The minimum atomic E-state index is -0.0971. The molecule has 0 N–H and O–H groups in total. The van der Waals surface area contributed by atoms with Crippen molar-refractivity contribution in [3.05, 3.63) is 84.1 Å². The summed E-state index contributed by atoms with van der Waals surface area (Å²) in [6.45, 7) is 1.71. The van der Waals surface area contributed by atoms with Crippen LogP contribution in [0.3, 0.4) is 0 Å². The van der Waals surface area contributed by atoms with Crippen LogP contribution in [-0.2, 0) is 11.3 Å². The molecule has 1 aromatic heterocycles. The van der Waals surface area contributed by atoms with E-state index in [0.717, 1.165) is 30.8 Å². The number of rotatable bonds is 8. The predicted molar refractivity (Wildman–Crippen MR) is 117 cm³/mol. The number of carbonyl (C=O) groups excluding carboxylic acids is 1. The van der Waals surface area contributed by atoms with E-state index in [4.69, 9.17) is 14.2 Å². The van der Waals surface area contributed by atoms with E-state index in [-0.39, 0.29) is 12.0 Å². The number of carbonyl (C=O) groups is 1. The zero-order valence-corrected chi connectivity index (χ0v) is 17.6. The van der Waals surface area contributed by atoms with Gasteiger partial charge in [0.1, 0.15) is 11.5 Å². The molecule has 3 aromatic rings. The van der Waals surface area contributed by atoms with Crippen LogP contribution in [-0.4, -0.2) is 42.2 Å². The molecule has 2 heterocycles. The highest BCUT2D eigenvalue weighted by atomic mass is 16.5. The first-order chi connectivity index (χ1) is 15.2. The number of hydrogen-bond donors (Lipinski definition) is 0. The SMILES string of the molecule is COc1ccccc1CN(CC1CCCO1)C(=O)c1ccc(Oc2ccccc2)nc1. The lowest BCUT2D eigenvalue weighted by atomic mass is 10.1. The summed E-state index contributed by atoms with van der Waals surface area (Å²) in [5.41, 5.74) is 1.46. The molecule has 0 aliphatic carbocycles. The summed E-state index contributed by atoms with van der Waals surface area (Å²) in [6.07, 6.45) is 3.59. The first-order valence-corrected chi connectivity index (χ1v) is 10.4. The van der Waals surface area contributed by atoms with E-state index in [0.29, 0.717) is 30.3 Å². The molecule has 2 aromatic carbocycles. The molecule has 1 saturated heterocycles. The van der Waals surface area contributed by atoms with Gasteiger partial charge in [0.2, 0.25) is 5.88 Å². The summed E-state index contributed by atoms with van der Waals surface area (Å²) in [7, 11) is 1.64. The van der Waals surface area contributed by atoms with E-state index < -0.39 is 0 Å². The van der Waals surface area contributed by atoms with Crippen LogP contribution in [0.4, 0.5) is 0 Å². The van der Waals surface area contributed by atoms with Crippen molar-refractivity contribution in [3.63, 3.8) is 0 Å². The second kappa shape index (κ2) is 10.1. The number of benzene rings is 2. The van der Waals surface area contributed by atoms with Gasteiger partial charge in [-0.1, -0.05) is 36.4 Å². The summed E-state index contributed by atoms with van der Waals surface area (Å²) in [4.78, 5) is 19.5. The number of aromatic nitrogens is 1. The molecule has 160 valence electrons. The Balaban J connectivity index is 1.51. The summed E-state index contributed by atoms with van der Waals surface area (Å²) in [5, 5.41) is 0. The number of hydrogen-bond acceptors (Lipinski definition) is 5. The summed E-state index contributed by atoms with van der Waals surface area (Å²) in [5.74, 6) is 1.81. The van der Waals surface area contributed by atoms with Crippen LogP contribution in [0.1, 0.15) is 28.8 Å². The van der Waals surface area contributed by atoms with Crippen LogP contribution >= 0.6 is 0 Å². The van der Waals surface area contributed by atoms with Gasteiger partial charge in [0.15, 0.2) is 0 Å². The minimum absolute atomic E-state index is 0.0484. The highest BCUT2D eigenvalue weighted by molar-refractivity contribution is 5.94. The third kappa shape index (κ3) is 5.41. The first kappa shape index (κ1) is 20.9. The molecule has 0 spiro atoms. The average molecular weight is 418 g/mol. The minimum Gasteiger partial charge on any atom is -0.496 e. The molecule has 1 unspecified atom stereocenters. The van der Waals surface area contributed by atoms with Crippen molar-refractivity contribution in [2.75, 3.05) is 20.3 Å². The van der Waals surface area contributed by atoms with Crippen LogP contribution in [0.2, 0.25) is 0 Å². The Morgan fingerprint density at radius 3 is 2.61 bits per heavy atom. The van der Waals surface area contributed by atoms with Gasteiger partial charge >= 0.3 is 0 Å². The van der Waals surface area contributed by atoms with Gasteiger partial charge in [-0.05, 0) is 37.1 Å². The van der Waals surface area contributed by atoms with Gasteiger partial charge in [-0.2, -0.15) is 0 Å². The molecule has 1 aliphatic heterocycles. The normalized spacial score (nSPS) is 15.5. The summed E-state index contributed by atoms with van der Waals surface area (Å²) >= 11 is 0.